The summed E-state index contributed by atoms with van der Waals surface area (Å²) in [4.78, 5) is 12.2. The van der Waals surface area contributed by atoms with Crippen molar-refractivity contribution in [1.29, 1.82) is 0 Å². The number of esters is 1. The SMILES string of the molecule is CCOC(=O)C[C@H](NSC(C)(C)C)c1cc(-c2c(C)cc(F)cc2C)cc(C)c1F. The van der Waals surface area contributed by atoms with Gasteiger partial charge in [-0.2, -0.15) is 0 Å². The Hall–Kier alpha value is -1.92. The topological polar surface area (TPSA) is 38.3 Å². The number of benzene rings is 2. The maximum absolute atomic E-state index is 15.2. The number of hydrogen-bond donors (Lipinski definition) is 1. The molecule has 0 aliphatic heterocycles. The van der Waals surface area contributed by atoms with Gasteiger partial charge in [0.05, 0.1) is 19.1 Å². The quantitative estimate of drug-likeness (QED) is 0.393. The molecule has 0 spiro atoms. The number of carbonyl (C=O) groups is 1. The number of rotatable bonds is 7. The van der Waals surface area contributed by atoms with E-state index in [2.05, 4.69) is 4.72 Å². The molecule has 6 heteroatoms. The van der Waals surface area contributed by atoms with Crippen LogP contribution in [0.4, 0.5) is 8.78 Å². The highest BCUT2D eigenvalue weighted by Crippen LogP contribution is 2.35. The van der Waals surface area contributed by atoms with Crippen LogP contribution >= 0.6 is 11.9 Å². The summed E-state index contributed by atoms with van der Waals surface area (Å²) in [5, 5.41) is 0. The molecule has 1 atom stereocenters. The van der Waals surface area contributed by atoms with E-state index in [0.29, 0.717) is 11.1 Å². The number of aryl methyl sites for hydroxylation is 3. The molecule has 0 aromatic heterocycles. The minimum Gasteiger partial charge on any atom is -0.466 e. The van der Waals surface area contributed by atoms with Crippen molar-refractivity contribution < 1.29 is 18.3 Å². The van der Waals surface area contributed by atoms with E-state index in [1.807, 2.05) is 34.6 Å². The molecule has 0 saturated heterocycles. The molecule has 1 N–H and O–H groups in total. The van der Waals surface area contributed by atoms with E-state index in [1.54, 1.807) is 26.0 Å². The van der Waals surface area contributed by atoms with Gasteiger partial charge in [0.25, 0.3) is 0 Å². The molecule has 0 aliphatic carbocycles. The van der Waals surface area contributed by atoms with Crippen molar-refractivity contribution in [3.8, 4) is 11.1 Å². The summed E-state index contributed by atoms with van der Waals surface area (Å²) in [6, 6.07) is 5.92. The smallest absolute Gasteiger partial charge is 0.307 e. The van der Waals surface area contributed by atoms with E-state index in [4.69, 9.17) is 4.74 Å². The van der Waals surface area contributed by atoms with Crippen molar-refractivity contribution in [2.75, 3.05) is 6.61 Å². The van der Waals surface area contributed by atoms with Crippen LogP contribution in [-0.2, 0) is 9.53 Å². The Kier molecular flexibility index (Phi) is 8.06. The third-order valence-electron chi connectivity index (χ3n) is 4.63. The molecule has 0 aliphatic rings. The molecule has 0 heterocycles. The molecule has 0 bridgehead atoms. The van der Waals surface area contributed by atoms with Gasteiger partial charge in [-0.1, -0.05) is 11.9 Å². The summed E-state index contributed by atoms with van der Waals surface area (Å²) >= 11 is 1.45. The van der Waals surface area contributed by atoms with Crippen molar-refractivity contribution in [2.45, 2.75) is 65.7 Å². The first-order valence-corrected chi connectivity index (χ1v) is 10.9. The van der Waals surface area contributed by atoms with E-state index in [0.717, 1.165) is 22.3 Å². The van der Waals surface area contributed by atoms with Gasteiger partial charge in [0.2, 0.25) is 0 Å². The Morgan fingerprint density at radius 1 is 1.07 bits per heavy atom. The minimum atomic E-state index is -0.562. The zero-order valence-electron chi connectivity index (χ0n) is 18.8. The van der Waals surface area contributed by atoms with Crippen LogP contribution in [0.2, 0.25) is 0 Å². The summed E-state index contributed by atoms with van der Waals surface area (Å²) in [5.74, 6) is -1.04. The van der Waals surface area contributed by atoms with Crippen molar-refractivity contribution in [2.24, 2.45) is 0 Å². The minimum absolute atomic E-state index is 0.0120. The average molecular weight is 436 g/mol. The highest BCUT2D eigenvalue weighted by molar-refractivity contribution is 7.98. The molecule has 0 unspecified atom stereocenters. The maximum Gasteiger partial charge on any atom is 0.307 e. The van der Waals surface area contributed by atoms with E-state index < -0.39 is 6.04 Å². The maximum atomic E-state index is 15.2. The molecule has 3 nitrogen and oxygen atoms in total. The predicted molar refractivity (Wildman–Crippen MR) is 120 cm³/mol. The first-order chi connectivity index (χ1) is 13.9. The molecule has 0 radical (unpaired) electrons. The van der Waals surface area contributed by atoms with Crippen molar-refractivity contribution in [3.05, 3.63) is 58.2 Å². The summed E-state index contributed by atoms with van der Waals surface area (Å²) in [6.45, 7) is 13.5. The highest BCUT2D eigenvalue weighted by atomic mass is 32.2. The zero-order valence-corrected chi connectivity index (χ0v) is 19.6. The van der Waals surface area contributed by atoms with Crippen molar-refractivity contribution in [1.82, 2.24) is 4.72 Å². The fourth-order valence-corrected chi connectivity index (χ4v) is 4.12. The highest BCUT2D eigenvalue weighted by Gasteiger charge is 2.25. The fraction of sp³-hybridized carbons (Fsp3) is 0.458. The lowest BCUT2D eigenvalue weighted by molar-refractivity contribution is -0.143. The average Bonchev–Trinajstić information content (AvgIpc) is 2.60. The van der Waals surface area contributed by atoms with Gasteiger partial charge in [-0.25, -0.2) is 8.78 Å². The Labute approximate surface area is 182 Å². The predicted octanol–water partition coefficient (Wildman–Crippen LogP) is 6.59. The molecule has 30 heavy (non-hydrogen) atoms. The second-order valence-electron chi connectivity index (χ2n) is 8.50. The van der Waals surface area contributed by atoms with E-state index >= 15 is 4.39 Å². The number of halogens is 2. The molecular weight excluding hydrogens is 404 g/mol. The number of ether oxygens (including phenoxy) is 1. The summed E-state index contributed by atoms with van der Waals surface area (Å²) < 4.78 is 37.2. The van der Waals surface area contributed by atoms with Crippen LogP contribution in [0.15, 0.2) is 24.3 Å². The number of nitrogens with one attached hydrogen (secondary N) is 1. The van der Waals surface area contributed by atoms with Crippen molar-refractivity contribution in [3.63, 3.8) is 0 Å². The third-order valence-corrected chi connectivity index (χ3v) is 5.64. The molecule has 2 rings (SSSR count). The lowest BCUT2D eigenvalue weighted by atomic mass is 9.90. The number of hydrogen-bond acceptors (Lipinski definition) is 4. The standard InChI is InChI=1S/C24H31F2NO2S/c1-8-29-21(28)13-20(27-30-24(5,6)7)19-12-17(9-16(4)23(19)26)22-14(2)10-18(25)11-15(22)3/h9-12,20,27H,8,13H2,1-7H3/t20-/m0/s1. The van der Waals surface area contributed by atoms with Crippen molar-refractivity contribution >= 4 is 17.9 Å². The molecule has 2 aromatic carbocycles. The van der Waals surface area contributed by atoms with Gasteiger partial charge in [0.15, 0.2) is 0 Å². The Bertz CT molecular complexity index is 899. The molecule has 164 valence electrons. The van der Waals surface area contributed by atoms with Crippen LogP contribution in [0.25, 0.3) is 11.1 Å². The molecular formula is C24H31F2NO2S. The van der Waals surface area contributed by atoms with Crippen LogP contribution in [0, 0.1) is 32.4 Å². The van der Waals surface area contributed by atoms with Gasteiger partial charge in [-0.3, -0.25) is 9.52 Å². The van der Waals surface area contributed by atoms with Gasteiger partial charge >= 0.3 is 5.97 Å². The normalized spacial score (nSPS) is 12.7. The largest absolute Gasteiger partial charge is 0.466 e. The van der Waals surface area contributed by atoms with Crippen LogP contribution in [0.1, 0.15) is 62.4 Å². The van der Waals surface area contributed by atoms with Crippen LogP contribution in [-0.4, -0.2) is 17.3 Å². The first kappa shape index (κ1) is 24.4. The Morgan fingerprint density at radius 3 is 2.20 bits per heavy atom. The van der Waals surface area contributed by atoms with Gasteiger partial charge < -0.3 is 4.74 Å². The van der Waals surface area contributed by atoms with Crippen LogP contribution in [0.3, 0.4) is 0 Å². The lowest BCUT2D eigenvalue weighted by Gasteiger charge is -2.25. The number of carbonyl (C=O) groups excluding carboxylic acids is 1. The molecule has 2 aromatic rings. The second-order valence-corrected chi connectivity index (χ2v) is 10.2. The van der Waals surface area contributed by atoms with E-state index in [1.165, 1.54) is 24.1 Å². The molecule has 0 fully saturated rings. The first-order valence-electron chi connectivity index (χ1n) is 10.1. The van der Waals surface area contributed by atoms with Crippen LogP contribution in [0.5, 0.6) is 0 Å². The Balaban J connectivity index is 2.56. The van der Waals surface area contributed by atoms with Crippen LogP contribution < -0.4 is 4.72 Å². The van der Waals surface area contributed by atoms with E-state index in [-0.39, 0.29) is 35.4 Å². The molecule has 0 saturated carbocycles. The van der Waals surface area contributed by atoms with Gasteiger partial charge in [0, 0.05) is 10.3 Å². The van der Waals surface area contributed by atoms with Gasteiger partial charge in [-0.05, 0) is 101 Å². The van der Waals surface area contributed by atoms with Gasteiger partial charge in [0.1, 0.15) is 11.6 Å². The summed E-state index contributed by atoms with van der Waals surface area (Å²) in [7, 11) is 0. The van der Waals surface area contributed by atoms with E-state index in [9.17, 15) is 9.18 Å². The Morgan fingerprint density at radius 2 is 1.67 bits per heavy atom. The molecule has 0 amide bonds. The lowest BCUT2D eigenvalue weighted by Crippen LogP contribution is -2.25. The second kappa shape index (κ2) is 9.92. The summed E-state index contributed by atoms with van der Waals surface area (Å²) in [5.41, 5.74) is 4.11. The van der Waals surface area contributed by atoms with Gasteiger partial charge in [-0.15, -0.1) is 0 Å². The fourth-order valence-electron chi connectivity index (χ4n) is 3.41. The third kappa shape index (κ3) is 6.29. The monoisotopic (exact) mass is 435 g/mol. The summed E-state index contributed by atoms with van der Waals surface area (Å²) in [6.07, 6.45) is 0.0120. The zero-order chi connectivity index (χ0) is 22.6.